The number of carbonyl (C=O) groups excluding carboxylic acids is 2. The highest BCUT2D eigenvalue weighted by Crippen LogP contribution is 2.26. The lowest BCUT2D eigenvalue weighted by molar-refractivity contribution is -0.115. The van der Waals surface area contributed by atoms with E-state index in [1.807, 2.05) is 49.5 Å². The molecule has 1 aliphatic heterocycles. The zero-order valence-electron chi connectivity index (χ0n) is 13.1. The third-order valence-corrected chi connectivity index (χ3v) is 4.25. The molecular formula is C18H16N4O2. The Hall–Kier alpha value is -3.15. The second-order valence-electron chi connectivity index (χ2n) is 5.91. The Kier molecular flexibility index (Phi) is 3.30. The number of rotatable bonds is 3. The third-order valence-electron chi connectivity index (χ3n) is 4.25. The topological polar surface area (TPSA) is 75.5 Å². The van der Waals surface area contributed by atoms with Crippen molar-refractivity contribution in [3.05, 3.63) is 65.6 Å². The molecule has 1 unspecified atom stereocenters. The van der Waals surface area contributed by atoms with Gasteiger partial charge in [-0.2, -0.15) is 0 Å². The number of nitrogens with one attached hydrogen (secondary N) is 2. The fraction of sp³-hybridized carbons (Fsp3) is 0.167. The van der Waals surface area contributed by atoms with E-state index in [9.17, 15) is 9.59 Å². The molecule has 2 N–H and O–H groups in total. The van der Waals surface area contributed by atoms with Crippen molar-refractivity contribution in [2.75, 3.05) is 5.32 Å². The van der Waals surface area contributed by atoms with Gasteiger partial charge in [-0.05, 0) is 36.2 Å². The first-order chi connectivity index (χ1) is 11.6. The number of pyridine rings is 1. The van der Waals surface area contributed by atoms with E-state index in [0.717, 1.165) is 22.5 Å². The number of imidazole rings is 1. The summed E-state index contributed by atoms with van der Waals surface area (Å²) in [4.78, 5) is 28.2. The number of benzene rings is 1. The van der Waals surface area contributed by atoms with Crippen LogP contribution in [0.1, 0.15) is 34.6 Å². The van der Waals surface area contributed by atoms with Crippen LogP contribution in [-0.4, -0.2) is 21.2 Å². The Labute approximate surface area is 138 Å². The number of fused-ring (bicyclic) bond motifs is 2. The molecule has 3 heterocycles. The molecule has 0 saturated heterocycles. The van der Waals surface area contributed by atoms with E-state index in [4.69, 9.17) is 0 Å². The van der Waals surface area contributed by atoms with Crippen molar-refractivity contribution in [3.8, 4) is 0 Å². The molecule has 3 aromatic rings. The molecule has 6 nitrogen and oxygen atoms in total. The van der Waals surface area contributed by atoms with E-state index >= 15 is 0 Å². The number of hydrogen-bond acceptors (Lipinski definition) is 3. The molecule has 0 saturated carbocycles. The molecule has 2 amide bonds. The average Bonchev–Trinajstić information content (AvgIpc) is 3.16. The molecule has 0 fully saturated rings. The molecule has 24 heavy (non-hydrogen) atoms. The highest BCUT2D eigenvalue weighted by molar-refractivity contribution is 5.99. The first-order valence-corrected chi connectivity index (χ1v) is 7.77. The molecule has 1 atom stereocenters. The van der Waals surface area contributed by atoms with E-state index in [-0.39, 0.29) is 17.9 Å². The minimum Gasteiger partial charge on any atom is -0.344 e. The summed E-state index contributed by atoms with van der Waals surface area (Å²) in [5, 5.41) is 5.80. The lowest BCUT2D eigenvalue weighted by Gasteiger charge is -2.15. The monoisotopic (exact) mass is 320 g/mol. The first-order valence-electron chi connectivity index (χ1n) is 7.77. The standard InChI is InChI=1S/C18H16N4O2/c1-11(12-5-6-14-13(8-12)9-17(23)21-14)20-18(24)15-10-19-16-4-2-3-7-22(15)16/h2-8,10-11H,9H2,1H3,(H,20,24)(H,21,23). The van der Waals surface area contributed by atoms with Crippen LogP contribution in [0.25, 0.3) is 5.65 Å². The number of aromatic nitrogens is 2. The van der Waals surface area contributed by atoms with Gasteiger partial charge in [-0.15, -0.1) is 0 Å². The van der Waals surface area contributed by atoms with Crippen molar-refractivity contribution < 1.29 is 9.59 Å². The van der Waals surface area contributed by atoms with Gasteiger partial charge < -0.3 is 10.6 Å². The predicted octanol–water partition coefficient (Wildman–Crippen LogP) is 2.32. The highest BCUT2D eigenvalue weighted by Gasteiger charge is 2.20. The fourth-order valence-corrected chi connectivity index (χ4v) is 2.97. The van der Waals surface area contributed by atoms with Crippen LogP contribution in [-0.2, 0) is 11.2 Å². The maximum absolute atomic E-state index is 12.6. The molecule has 0 radical (unpaired) electrons. The number of carbonyl (C=O) groups is 2. The molecule has 120 valence electrons. The maximum atomic E-state index is 12.6. The molecule has 6 heteroatoms. The average molecular weight is 320 g/mol. The number of hydrogen-bond donors (Lipinski definition) is 2. The summed E-state index contributed by atoms with van der Waals surface area (Å²) in [5.41, 5.74) is 4.01. The van der Waals surface area contributed by atoms with Gasteiger partial charge in [-0.1, -0.05) is 18.2 Å². The number of anilines is 1. The van der Waals surface area contributed by atoms with Gasteiger partial charge in [0.15, 0.2) is 0 Å². The van der Waals surface area contributed by atoms with Gasteiger partial charge in [-0.25, -0.2) is 4.98 Å². The van der Waals surface area contributed by atoms with Gasteiger partial charge in [-0.3, -0.25) is 14.0 Å². The summed E-state index contributed by atoms with van der Waals surface area (Å²) in [6, 6.07) is 11.2. The van der Waals surface area contributed by atoms with E-state index in [1.165, 1.54) is 0 Å². The molecule has 1 aliphatic rings. The lowest BCUT2D eigenvalue weighted by Crippen LogP contribution is -2.27. The Bertz CT molecular complexity index is 961. The molecule has 4 rings (SSSR count). The van der Waals surface area contributed by atoms with Crippen LogP contribution in [0.5, 0.6) is 0 Å². The van der Waals surface area contributed by atoms with Crippen LogP contribution in [0, 0.1) is 0 Å². The van der Waals surface area contributed by atoms with Crippen molar-refractivity contribution >= 4 is 23.1 Å². The van der Waals surface area contributed by atoms with Crippen LogP contribution < -0.4 is 10.6 Å². The van der Waals surface area contributed by atoms with Gasteiger partial charge in [0.25, 0.3) is 5.91 Å². The van der Waals surface area contributed by atoms with Crippen molar-refractivity contribution in [2.45, 2.75) is 19.4 Å². The van der Waals surface area contributed by atoms with E-state index in [1.54, 1.807) is 10.6 Å². The molecular weight excluding hydrogens is 304 g/mol. The van der Waals surface area contributed by atoms with Crippen molar-refractivity contribution in [2.24, 2.45) is 0 Å². The van der Waals surface area contributed by atoms with Crippen LogP contribution in [0.3, 0.4) is 0 Å². The Morgan fingerprint density at radius 3 is 3.08 bits per heavy atom. The zero-order chi connectivity index (χ0) is 16.7. The van der Waals surface area contributed by atoms with Gasteiger partial charge in [0.05, 0.1) is 18.7 Å². The Balaban J connectivity index is 1.56. The van der Waals surface area contributed by atoms with Gasteiger partial charge >= 0.3 is 0 Å². The smallest absolute Gasteiger partial charge is 0.270 e. The normalized spacial score (nSPS) is 14.3. The van der Waals surface area contributed by atoms with Gasteiger partial charge in [0.1, 0.15) is 11.3 Å². The molecule has 1 aromatic carbocycles. The summed E-state index contributed by atoms with van der Waals surface area (Å²) in [6.07, 6.45) is 3.77. The number of amides is 2. The second kappa shape index (κ2) is 5.49. The SMILES string of the molecule is CC(NC(=O)c1cnc2ccccn12)c1ccc2c(c1)CC(=O)N2. The summed E-state index contributed by atoms with van der Waals surface area (Å²) in [5.74, 6) is -0.180. The molecule has 2 aromatic heterocycles. The van der Waals surface area contributed by atoms with Crippen molar-refractivity contribution in [3.63, 3.8) is 0 Å². The van der Waals surface area contributed by atoms with Crippen molar-refractivity contribution in [1.82, 2.24) is 14.7 Å². The largest absolute Gasteiger partial charge is 0.344 e. The van der Waals surface area contributed by atoms with Gasteiger partial charge in [0, 0.05) is 11.9 Å². The van der Waals surface area contributed by atoms with Crippen LogP contribution in [0.4, 0.5) is 5.69 Å². The van der Waals surface area contributed by atoms with Crippen molar-refractivity contribution in [1.29, 1.82) is 0 Å². The quantitative estimate of drug-likeness (QED) is 0.777. The van der Waals surface area contributed by atoms with Gasteiger partial charge in [0.2, 0.25) is 5.91 Å². The highest BCUT2D eigenvalue weighted by atomic mass is 16.2. The molecule has 0 aliphatic carbocycles. The van der Waals surface area contributed by atoms with Crippen LogP contribution >= 0.6 is 0 Å². The first kappa shape index (κ1) is 14.4. The minimum absolute atomic E-state index is 0.00423. The minimum atomic E-state index is -0.184. The molecule has 0 spiro atoms. The molecule has 0 bridgehead atoms. The van der Waals surface area contributed by atoms with Crippen LogP contribution in [0.2, 0.25) is 0 Å². The summed E-state index contributed by atoms with van der Waals surface area (Å²) >= 11 is 0. The summed E-state index contributed by atoms with van der Waals surface area (Å²) in [7, 11) is 0. The Morgan fingerprint density at radius 1 is 1.33 bits per heavy atom. The summed E-state index contributed by atoms with van der Waals surface area (Å²) in [6.45, 7) is 1.92. The van der Waals surface area contributed by atoms with E-state index in [2.05, 4.69) is 15.6 Å². The van der Waals surface area contributed by atoms with E-state index < -0.39 is 0 Å². The van der Waals surface area contributed by atoms with Crippen LogP contribution in [0.15, 0.2) is 48.8 Å². The zero-order valence-corrected chi connectivity index (χ0v) is 13.1. The maximum Gasteiger partial charge on any atom is 0.270 e. The fourth-order valence-electron chi connectivity index (χ4n) is 2.97. The predicted molar refractivity (Wildman–Crippen MR) is 89.8 cm³/mol. The van der Waals surface area contributed by atoms with E-state index in [0.29, 0.717) is 12.1 Å². The summed E-state index contributed by atoms with van der Waals surface area (Å²) < 4.78 is 1.76. The Morgan fingerprint density at radius 2 is 2.21 bits per heavy atom. The third kappa shape index (κ3) is 2.42. The lowest BCUT2D eigenvalue weighted by atomic mass is 10.0. The number of nitrogens with zero attached hydrogens (tertiary/aromatic N) is 2. The second-order valence-corrected chi connectivity index (χ2v) is 5.91.